The molecule has 0 amide bonds. The van der Waals surface area contributed by atoms with Crippen molar-refractivity contribution in [2.75, 3.05) is 6.61 Å². The molecule has 5 heteroatoms. The molecular weight excluding hydrogens is 140 g/mol. The van der Waals surface area contributed by atoms with Gasteiger partial charge in [-0.15, -0.1) is 0 Å². The van der Waals surface area contributed by atoms with Gasteiger partial charge in [0.05, 0.1) is 0 Å². The Morgan fingerprint density at radius 3 is 2.20 bits per heavy atom. The second-order valence-corrected chi connectivity index (χ2v) is 1.42. The number of hydrogen-bond donors (Lipinski definition) is 1. The van der Waals surface area contributed by atoms with E-state index in [2.05, 4.69) is 9.78 Å². The molecule has 0 aromatic heterocycles. The third-order valence-corrected chi connectivity index (χ3v) is 0.645. The van der Waals surface area contributed by atoms with Crippen LogP contribution in [0.2, 0.25) is 0 Å². The Morgan fingerprint density at radius 1 is 1.30 bits per heavy atom. The molecule has 58 valence electrons. The molecule has 5 nitrogen and oxygen atoms in total. The Balaban J connectivity index is 3.35. The second kappa shape index (κ2) is 4.75. The van der Waals surface area contributed by atoms with Gasteiger partial charge >= 0.3 is 11.9 Å². The van der Waals surface area contributed by atoms with E-state index in [9.17, 15) is 9.59 Å². The average molecular weight is 148 g/mol. The largest absolute Gasteiger partial charge is 0.384 e. The van der Waals surface area contributed by atoms with Gasteiger partial charge in [0.2, 0.25) is 0 Å². The van der Waals surface area contributed by atoms with Crippen molar-refractivity contribution >= 4 is 11.9 Å². The molecule has 0 radical (unpaired) electrons. The minimum Gasteiger partial charge on any atom is -0.384 e. The summed E-state index contributed by atoms with van der Waals surface area (Å²) in [5.41, 5.74) is 0. The van der Waals surface area contributed by atoms with E-state index in [4.69, 9.17) is 5.11 Å². The van der Waals surface area contributed by atoms with Gasteiger partial charge in [-0.2, -0.15) is 0 Å². The van der Waals surface area contributed by atoms with Gasteiger partial charge in [-0.25, -0.2) is 19.4 Å². The first-order chi connectivity index (χ1) is 4.70. The van der Waals surface area contributed by atoms with Gasteiger partial charge in [0.25, 0.3) is 0 Å². The Bertz CT molecular complexity index is 114. The van der Waals surface area contributed by atoms with Crippen molar-refractivity contribution in [1.82, 2.24) is 0 Å². The minimum atomic E-state index is -0.984. The predicted octanol–water partition coefficient (Wildman–Crippen LogP) is -0.610. The summed E-state index contributed by atoms with van der Waals surface area (Å²) in [6.45, 7) is 0.756. The van der Waals surface area contributed by atoms with Crippen LogP contribution in [0.25, 0.3) is 0 Å². The zero-order chi connectivity index (χ0) is 7.98. The maximum absolute atomic E-state index is 10.3. The fourth-order valence-electron chi connectivity index (χ4n) is 0.178. The summed E-state index contributed by atoms with van der Waals surface area (Å²) in [6.07, 6.45) is 0.124. The van der Waals surface area contributed by atoms with E-state index in [0.29, 0.717) is 0 Å². The zero-order valence-corrected chi connectivity index (χ0v) is 5.49. The maximum atomic E-state index is 10.3. The quantitative estimate of drug-likeness (QED) is 0.417. The van der Waals surface area contributed by atoms with Crippen LogP contribution in [0.1, 0.15) is 13.3 Å². The van der Waals surface area contributed by atoms with E-state index in [1.165, 1.54) is 0 Å². The van der Waals surface area contributed by atoms with Gasteiger partial charge in [0.15, 0.2) is 0 Å². The highest BCUT2D eigenvalue weighted by Crippen LogP contribution is 1.85. The lowest BCUT2D eigenvalue weighted by Gasteiger charge is -1.97. The van der Waals surface area contributed by atoms with Crippen molar-refractivity contribution < 1.29 is 24.5 Å². The molecule has 0 aromatic carbocycles. The Kier molecular flexibility index (Phi) is 4.23. The summed E-state index contributed by atoms with van der Waals surface area (Å²) in [6, 6.07) is 0. The third kappa shape index (κ3) is 3.85. The van der Waals surface area contributed by atoms with Gasteiger partial charge < -0.3 is 5.11 Å². The SMILES string of the molecule is CCC(=O)OOC(=O)CO. The normalized spacial score (nSPS) is 8.60. The molecule has 0 fully saturated rings. The van der Waals surface area contributed by atoms with E-state index < -0.39 is 18.5 Å². The Hall–Kier alpha value is -1.10. The number of carbonyl (C=O) groups excluding carboxylic acids is 2. The first kappa shape index (κ1) is 8.90. The van der Waals surface area contributed by atoms with E-state index in [1.807, 2.05) is 0 Å². The first-order valence-electron chi connectivity index (χ1n) is 2.71. The van der Waals surface area contributed by atoms with Crippen LogP contribution in [0.4, 0.5) is 0 Å². The van der Waals surface area contributed by atoms with Crippen LogP contribution in [-0.2, 0) is 19.4 Å². The van der Waals surface area contributed by atoms with E-state index in [0.717, 1.165) is 0 Å². The number of rotatable bonds is 2. The van der Waals surface area contributed by atoms with Gasteiger partial charge in [-0.1, -0.05) is 6.92 Å². The summed E-state index contributed by atoms with van der Waals surface area (Å²) in [7, 11) is 0. The number of hydrogen-bond acceptors (Lipinski definition) is 5. The number of carbonyl (C=O) groups is 2. The lowest BCUT2D eigenvalue weighted by molar-refractivity contribution is -0.260. The average Bonchev–Trinajstić information content (AvgIpc) is 1.99. The lowest BCUT2D eigenvalue weighted by Crippen LogP contribution is -2.12. The van der Waals surface area contributed by atoms with E-state index in [1.54, 1.807) is 6.92 Å². The fraction of sp³-hybridized carbons (Fsp3) is 0.600. The molecule has 0 heterocycles. The van der Waals surface area contributed by atoms with Gasteiger partial charge in [0.1, 0.15) is 6.61 Å². The predicted molar refractivity (Wildman–Crippen MR) is 29.6 cm³/mol. The molecule has 10 heavy (non-hydrogen) atoms. The zero-order valence-electron chi connectivity index (χ0n) is 5.49. The van der Waals surface area contributed by atoms with Crippen LogP contribution in [0.3, 0.4) is 0 Å². The van der Waals surface area contributed by atoms with Crippen LogP contribution >= 0.6 is 0 Å². The van der Waals surface area contributed by atoms with Crippen LogP contribution in [0, 0.1) is 0 Å². The van der Waals surface area contributed by atoms with Crippen molar-refractivity contribution in [3.8, 4) is 0 Å². The molecule has 0 atom stereocenters. The van der Waals surface area contributed by atoms with Crippen molar-refractivity contribution in [2.45, 2.75) is 13.3 Å². The molecule has 0 saturated heterocycles. The van der Waals surface area contributed by atoms with Crippen LogP contribution < -0.4 is 0 Å². The molecule has 0 aliphatic rings. The van der Waals surface area contributed by atoms with Gasteiger partial charge in [0, 0.05) is 6.42 Å². The number of aliphatic hydroxyl groups is 1. The standard InChI is InChI=1S/C5H8O5/c1-2-4(7)9-10-5(8)3-6/h6H,2-3H2,1H3. The fourth-order valence-corrected chi connectivity index (χ4v) is 0.178. The van der Waals surface area contributed by atoms with E-state index in [-0.39, 0.29) is 6.42 Å². The summed E-state index contributed by atoms with van der Waals surface area (Å²) in [4.78, 5) is 28.0. The van der Waals surface area contributed by atoms with Crippen molar-refractivity contribution in [3.63, 3.8) is 0 Å². The monoisotopic (exact) mass is 148 g/mol. The molecule has 0 saturated carbocycles. The van der Waals surface area contributed by atoms with Crippen molar-refractivity contribution in [3.05, 3.63) is 0 Å². The van der Waals surface area contributed by atoms with E-state index >= 15 is 0 Å². The third-order valence-electron chi connectivity index (χ3n) is 0.645. The lowest BCUT2D eigenvalue weighted by atomic mass is 10.5. The molecule has 0 aromatic rings. The topological polar surface area (TPSA) is 72.8 Å². The van der Waals surface area contributed by atoms with Gasteiger partial charge in [-0.05, 0) is 0 Å². The molecule has 0 aliphatic carbocycles. The molecule has 0 rings (SSSR count). The minimum absolute atomic E-state index is 0.124. The highest BCUT2D eigenvalue weighted by molar-refractivity contribution is 5.73. The highest BCUT2D eigenvalue weighted by atomic mass is 17.2. The highest BCUT2D eigenvalue weighted by Gasteiger charge is 2.04. The summed E-state index contributed by atoms with van der Waals surface area (Å²) in [5, 5.41) is 8.05. The molecule has 1 N–H and O–H groups in total. The second-order valence-electron chi connectivity index (χ2n) is 1.42. The van der Waals surface area contributed by atoms with Crippen molar-refractivity contribution in [1.29, 1.82) is 0 Å². The molecule has 0 spiro atoms. The van der Waals surface area contributed by atoms with Crippen LogP contribution in [-0.4, -0.2) is 23.7 Å². The Labute approximate surface area is 57.5 Å². The Morgan fingerprint density at radius 2 is 1.80 bits per heavy atom. The van der Waals surface area contributed by atoms with Gasteiger partial charge in [-0.3, -0.25) is 0 Å². The summed E-state index contributed by atoms with van der Waals surface area (Å²) >= 11 is 0. The molecule has 0 bridgehead atoms. The first-order valence-corrected chi connectivity index (χ1v) is 2.71. The maximum Gasteiger partial charge on any atom is 0.380 e. The summed E-state index contributed by atoms with van der Waals surface area (Å²) in [5.74, 6) is -1.64. The number of aliphatic hydroxyl groups excluding tert-OH is 1. The molecule has 0 aliphatic heterocycles. The molecular formula is C5H8O5. The van der Waals surface area contributed by atoms with Crippen LogP contribution in [0.5, 0.6) is 0 Å². The summed E-state index contributed by atoms with van der Waals surface area (Å²) < 4.78 is 0. The van der Waals surface area contributed by atoms with Crippen LogP contribution in [0.15, 0.2) is 0 Å². The smallest absolute Gasteiger partial charge is 0.380 e. The molecule has 0 unspecified atom stereocenters. The van der Waals surface area contributed by atoms with Crippen molar-refractivity contribution in [2.24, 2.45) is 0 Å².